The molecule has 0 amide bonds. The summed E-state index contributed by atoms with van der Waals surface area (Å²) in [6.45, 7) is 2.06. The van der Waals surface area contributed by atoms with Crippen molar-refractivity contribution in [1.82, 2.24) is 0 Å². The van der Waals surface area contributed by atoms with Crippen molar-refractivity contribution >= 4 is 17.6 Å². The lowest BCUT2D eigenvalue weighted by Crippen LogP contribution is -2.04. The lowest BCUT2D eigenvalue weighted by Gasteiger charge is -2.06. The molecule has 0 bridgehead atoms. The highest BCUT2D eigenvalue weighted by atomic mass is 35.5. The summed E-state index contributed by atoms with van der Waals surface area (Å²) in [5.74, 6) is -0.355. The van der Waals surface area contributed by atoms with Crippen molar-refractivity contribution in [1.29, 1.82) is 0 Å². The third-order valence-electron chi connectivity index (χ3n) is 1.66. The second-order valence-electron chi connectivity index (χ2n) is 2.93. The first-order chi connectivity index (χ1) is 6.59. The Balaban J connectivity index is 2.55. The van der Waals surface area contributed by atoms with Gasteiger partial charge in [0.2, 0.25) is 0 Å². The van der Waals surface area contributed by atoms with E-state index in [2.05, 4.69) is 0 Å². The lowest BCUT2D eigenvalue weighted by molar-refractivity contribution is -0.137. The fourth-order valence-electron chi connectivity index (χ4n) is 0.971. The molecule has 0 unspecified atom stereocenters. The summed E-state index contributed by atoms with van der Waals surface area (Å²) in [7, 11) is 0. The molecule has 0 heterocycles. The van der Waals surface area contributed by atoms with Gasteiger partial charge in [0.15, 0.2) is 0 Å². The SMILES string of the molecule is Cc1ccc(OCCC(=O)O)c(Cl)c1. The zero-order chi connectivity index (χ0) is 10.6. The van der Waals surface area contributed by atoms with Crippen molar-refractivity contribution in [3.63, 3.8) is 0 Å². The van der Waals surface area contributed by atoms with E-state index in [1.807, 2.05) is 13.0 Å². The van der Waals surface area contributed by atoms with Crippen molar-refractivity contribution in [2.45, 2.75) is 13.3 Å². The van der Waals surface area contributed by atoms with Crippen LogP contribution in [-0.4, -0.2) is 17.7 Å². The Bertz CT molecular complexity index is 336. The van der Waals surface area contributed by atoms with E-state index >= 15 is 0 Å². The molecule has 4 heteroatoms. The van der Waals surface area contributed by atoms with Crippen LogP contribution in [0.3, 0.4) is 0 Å². The average molecular weight is 215 g/mol. The van der Waals surface area contributed by atoms with Crippen LogP contribution in [0, 0.1) is 6.92 Å². The highest BCUT2D eigenvalue weighted by molar-refractivity contribution is 6.32. The van der Waals surface area contributed by atoms with Gasteiger partial charge in [-0.05, 0) is 24.6 Å². The summed E-state index contributed by atoms with van der Waals surface area (Å²) < 4.78 is 5.19. The number of ether oxygens (including phenoxy) is 1. The zero-order valence-electron chi connectivity index (χ0n) is 7.79. The number of benzene rings is 1. The maximum Gasteiger partial charge on any atom is 0.306 e. The summed E-state index contributed by atoms with van der Waals surface area (Å²) in [6.07, 6.45) is -0.0236. The summed E-state index contributed by atoms with van der Waals surface area (Å²) in [5.41, 5.74) is 1.04. The number of hydrogen-bond donors (Lipinski definition) is 1. The maximum absolute atomic E-state index is 10.2. The molecule has 0 aliphatic rings. The topological polar surface area (TPSA) is 46.5 Å². The molecule has 1 aromatic carbocycles. The Morgan fingerprint density at radius 2 is 2.29 bits per heavy atom. The van der Waals surface area contributed by atoms with E-state index in [9.17, 15) is 4.79 Å². The molecule has 0 radical (unpaired) electrons. The molecular weight excluding hydrogens is 204 g/mol. The average Bonchev–Trinajstić information content (AvgIpc) is 2.08. The van der Waals surface area contributed by atoms with Gasteiger partial charge in [-0.2, -0.15) is 0 Å². The fraction of sp³-hybridized carbons (Fsp3) is 0.300. The van der Waals surface area contributed by atoms with Gasteiger partial charge in [-0.15, -0.1) is 0 Å². The Kier molecular flexibility index (Phi) is 3.77. The van der Waals surface area contributed by atoms with E-state index in [1.165, 1.54) is 0 Å². The van der Waals surface area contributed by atoms with E-state index in [0.29, 0.717) is 10.8 Å². The number of carboxylic acid groups (broad SMARTS) is 1. The van der Waals surface area contributed by atoms with Crippen molar-refractivity contribution in [2.24, 2.45) is 0 Å². The van der Waals surface area contributed by atoms with Crippen LogP contribution in [0.25, 0.3) is 0 Å². The van der Waals surface area contributed by atoms with Gasteiger partial charge in [-0.25, -0.2) is 0 Å². The Morgan fingerprint density at radius 3 is 2.86 bits per heavy atom. The Morgan fingerprint density at radius 1 is 1.57 bits per heavy atom. The quantitative estimate of drug-likeness (QED) is 0.838. The van der Waals surface area contributed by atoms with Gasteiger partial charge in [0, 0.05) is 0 Å². The van der Waals surface area contributed by atoms with E-state index in [4.69, 9.17) is 21.4 Å². The number of aryl methyl sites for hydroxylation is 1. The molecule has 14 heavy (non-hydrogen) atoms. The number of aliphatic carboxylic acids is 1. The summed E-state index contributed by atoms with van der Waals surface area (Å²) >= 11 is 5.87. The number of carboxylic acids is 1. The van der Waals surface area contributed by atoms with Crippen LogP contribution < -0.4 is 4.74 Å². The standard InChI is InChI=1S/C10H11ClO3/c1-7-2-3-9(8(11)6-7)14-5-4-10(12)13/h2-3,6H,4-5H2,1H3,(H,12,13). The summed E-state index contributed by atoms with van der Waals surface area (Å²) in [5, 5.41) is 8.90. The zero-order valence-corrected chi connectivity index (χ0v) is 8.54. The molecule has 1 N–H and O–H groups in total. The van der Waals surface area contributed by atoms with E-state index in [0.717, 1.165) is 5.56 Å². The normalized spacial score (nSPS) is 9.86. The molecule has 0 spiro atoms. The van der Waals surface area contributed by atoms with E-state index in [-0.39, 0.29) is 13.0 Å². The summed E-state index contributed by atoms with van der Waals surface area (Å²) in [4.78, 5) is 10.2. The van der Waals surface area contributed by atoms with E-state index < -0.39 is 5.97 Å². The van der Waals surface area contributed by atoms with Crippen molar-refractivity contribution in [2.75, 3.05) is 6.61 Å². The van der Waals surface area contributed by atoms with Gasteiger partial charge >= 0.3 is 5.97 Å². The van der Waals surface area contributed by atoms with Crippen LogP contribution in [0.5, 0.6) is 5.75 Å². The molecule has 0 saturated heterocycles. The number of halogens is 1. The fourth-order valence-corrected chi connectivity index (χ4v) is 1.26. The minimum absolute atomic E-state index is 0.0236. The van der Waals surface area contributed by atoms with Gasteiger partial charge < -0.3 is 9.84 Å². The number of carbonyl (C=O) groups is 1. The Labute approximate surface area is 87.3 Å². The molecule has 0 aliphatic heterocycles. The van der Waals surface area contributed by atoms with Crippen LogP contribution in [0.2, 0.25) is 5.02 Å². The van der Waals surface area contributed by atoms with Gasteiger partial charge in [-0.3, -0.25) is 4.79 Å². The molecule has 1 aromatic rings. The van der Waals surface area contributed by atoms with Crippen molar-refractivity contribution in [3.8, 4) is 5.75 Å². The molecule has 0 aliphatic carbocycles. The highest BCUT2D eigenvalue weighted by Gasteiger charge is 2.02. The maximum atomic E-state index is 10.2. The second-order valence-corrected chi connectivity index (χ2v) is 3.33. The van der Waals surface area contributed by atoms with Crippen LogP contribution in [0.4, 0.5) is 0 Å². The molecule has 0 atom stereocenters. The largest absolute Gasteiger partial charge is 0.491 e. The lowest BCUT2D eigenvalue weighted by atomic mass is 10.2. The van der Waals surface area contributed by atoms with Crippen LogP contribution in [0.1, 0.15) is 12.0 Å². The number of hydrogen-bond acceptors (Lipinski definition) is 2. The second kappa shape index (κ2) is 4.86. The predicted molar refractivity (Wildman–Crippen MR) is 53.9 cm³/mol. The van der Waals surface area contributed by atoms with Gasteiger partial charge in [0.05, 0.1) is 18.1 Å². The minimum Gasteiger partial charge on any atom is -0.491 e. The third-order valence-corrected chi connectivity index (χ3v) is 1.96. The molecule has 0 fully saturated rings. The molecular formula is C10H11ClO3. The molecule has 76 valence electrons. The third kappa shape index (κ3) is 3.26. The molecule has 1 rings (SSSR count). The van der Waals surface area contributed by atoms with Crippen LogP contribution in [-0.2, 0) is 4.79 Å². The highest BCUT2D eigenvalue weighted by Crippen LogP contribution is 2.25. The number of rotatable bonds is 4. The van der Waals surface area contributed by atoms with Gasteiger partial charge in [-0.1, -0.05) is 17.7 Å². The first-order valence-electron chi connectivity index (χ1n) is 4.20. The summed E-state index contributed by atoms with van der Waals surface area (Å²) in [6, 6.07) is 5.37. The van der Waals surface area contributed by atoms with Gasteiger partial charge in [0.1, 0.15) is 5.75 Å². The monoisotopic (exact) mass is 214 g/mol. The van der Waals surface area contributed by atoms with Gasteiger partial charge in [0.25, 0.3) is 0 Å². The molecule has 0 saturated carbocycles. The Hall–Kier alpha value is -1.22. The first kappa shape index (κ1) is 10.9. The van der Waals surface area contributed by atoms with Crippen LogP contribution in [0.15, 0.2) is 18.2 Å². The van der Waals surface area contributed by atoms with E-state index in [1.54, 1.807) is 12.1 Å². The first-order valence-corrected chi connectivity index (χ1v) is 4.58. The predicted octanol–water partition coefficient (Wildman–Crippen LogP) is 2.50. The van der Waals surface area contributed by atoms with Crippen molar-refractivity contribution < 1.29 is 14.6 Å². The van der Waals surface area contributed by atoms with Crippen LogP contribution >= 0.6 is 11.6 Å². The smallest absolute Gasteiger partial charge is 0.306 e. The molecule has 0 aromatic heterocycles. The van der Waals surface area contributed by atoms with Crippen molar-refractivity contribution in [3.05, 3.63) is 28.8 Å². The molecule has 3 nitrogen and oxygen atoms in total. The minimum atomic E-state index is -0.881.